The van der Waals surface area contributed by atoms with Gasteiger partial charge in [-0.15, -0.1) is 11.3 Å². The van der Waals surface area contributed by atoms with Gasteiger partial charge in [0.05, 0.1) is 5.60 Å². The minimum absolute atomic E-state index is 0.230. The number of thiophene rings is 1. The highest BCUT2D eigenvalue weighted by atomic mass is 32.1. The van der Waals surface area contributed by atoms with Crippen LogP contribution >= 0.6 is 11.3 Å². The highest BCUT2D eigenvalue weighted by molar-refractivity contribution is 7.17. The van der Waals surface area contributed by atoms with E-state index in [2.05, 4.69) is 50.4 Å². The summed E-state index contributed by atoms with van der Waals surface area (Å²) in [5.74, 6) is 0.320. The summed E-state index contributed by atoms with van der Waals surface area (Å²) in [5, 5.41) is 14.6. The molecule has 0 saturated heterocycles. The molecule has 0 radical (unpaired) electrons. The minimum atomic E-state index is -0.659. The standard InChI is InChI=1S/C16H20OS/c1-11-9-15(2,3)10-16(11,17)13-6-4-5-12-7-8-18-14(12)13/h4-8,11,17H,9-10H2,1-3H3. The Morgan fingerprint density at radius 2 is 2.06 bits per heavy atom. The summed E-state index contributed by atoms with van der Waals surface area (Å²) < 4.78 is 1.25. The minimum Gasteiger partial charge on any atom is -0.385 e. The Labute approximate surface area is 112 Å². The Hall–Kier alpha value is -0.860. The molecule has 1 aliphatic carbocycles. The molecule has 3 rings (SSSR count). The summed E-state index contributed by atoms with van der Waals surface area (Å²) in [5.41, 5.74) is 0.703. The molecule has 2 atom stereocenters. The van der Waals surface area contributed by atoms with Crippen molar-refractivity contribution in [2.75, 3.05) is 0 Å². The van der Waals surface area contributed by atoms with Gasteiger partial charge in [-0.25, -0.2) is 0 Å². The predicted molar refractivity (Wildman–Crippen MR) is 77.9 cm³/mol. The number of aliphatic hydroxyl groups is 1. The fourth-order valence-electron chi connectivity index (χ4n) is 3.67. The zero-order valence-electron chi connectivity index (χ0n) is 11.2. The average molecular weight is 260 g/mol. The van der Waals surface area contributed by atoms with Crippen molar-refractivity contribution in [1.82, 2.24) is 0 Å². The number of benzene rings is 1. The second-order valence-electron chi connectivity index (χ2n) is 6.51. The first-order valence-electron chi connectivity index (χ1n) is 6.61. The van der Waals surface area contributed by atoms with E-state index in [1.54, 1.807) is 11.3 Å². The smallest absolute Gasteiger partial charge is 0.0941 e. The van der Waals surface area contributed by atoms with E-state index in [9.17, 15) is 5.11 Å². The molecule has 1 nitrogen and oxygen atoms in total. The van der Waals surface area contributed by atoms with Crippen molar-refractivity contribution in [2.24, 2.45) is 11.3 Å². The van der Waals surface area contributed by atoms with E-state index < -0.39 is 5.60 Å². The van der Waals surface area contributed by atoms with Crippen LogP contribution in [-0.2, 0) is 5.60 Å². The van der Waals surface area contributed by atoms with E-state index in [0.717, 1.165) is 18.4 Å². The highest BCUT2D eigenvalue weighted by Gasteiger charge is 2.49. The van der Waals surface area contributed by atoms with Gasteiger partial charge >= 0.3 is 0 Å². The molecule has 1 fully saturated rings. The molecule has 1 aliphatic rings. The van der Waals surface area contributed by atoms with Gasteiger partial charge in [-0.05, 0) is 41.0 Å². The van der Waals surface area contributed by atoms with Crippen LogP contribution in [0.3, 0.4) is 0 Å². The number of hydrogen-bond donors (Lipinski definition) is 1. The summed E-state index contributed by atoms with van der Waals surface area (Å²) in [6.07, 6.45) is 1.95. The zero-order chi connectivity index (χ0) is 13.0. The molecule has 1 saturated carbocycles. The van der Waals surface area contributed by atoms with E-state index in [0.29, 0.717) is 5.92 Å². The maximum absolute atomic E-state index is 11.2. The van der Waals surface area contributed by atoms with Gasteiger partial charge in [-0.3, -0.25) is 0 Å². The number of fused-ring (bicyclic) bond motifs is 1. The Balaban J connectivity index is 2.17. The Morgan fingerprint density at radius 3 is 2.72 bits per heavy atom. The molecule has 0 aliphatic heterocycles. The molecule has 1 aromatic carbocycles. The van der Waals surface area contributed by atoms with Gasteiger partial charge in [-0.1, -0.05) is 39.0 Å². The van der Waals surface area contributed by atoms with Crippen LogP contribution in [0.15, 0.2) is 29.6 Å². The third-order valence-electron chi connectivity index (χ3n) is 4.37. The first-order valence-corrected chi connectivity index (χ1v) is 7.49. The summed E-state index contributed by atoms with van der Waals surface area (Å²) in [7, 11) is 0. The first kappa shape index (κ1) is 12.2. The first-order chi connectivity index (χ1) is 8.42. The lowest BCUT2D eigenvalue weighted by atomic mass is 9.83. The topological polar surface area (TPSA) is 20.2 Å². The fourth-order valence-corrected chi connectivity index (χ4v) is 4.66. The molecular weight excluding hydrogens is 240 g/mol. The van der Waals surface area contributed by atoms with E-state index in [1.807, 2.05) is 0 Å². The molecule has 2 unspecified atom stereocenters. The summed E-state index contributed by atoms with van der Waals surface area (Å²) in [6.45, 7) is 6.70. The predicted octanol–water partition coefficient (Wildman–Crippen LogP) is 4.55. The van der Waals surface area contributed by atoms with Crippen LogP contribution in [0.1, 0.15) is 39.2 Å². The lowest BCUT2D eigenvalue weighted by Crippen LogP contribution is -2.29. The van der Waals surface area contributed by atoms with Gasteiger partial charge in [0.2, 0.25) is 0 Å². The normalized spacial score (nSPS) is 31.0. The molecule has 1 heterocycles. The van der Waals surface area contributed by atoms with Crippen molar-refractivity contribution in [1.29, 1.82) is 0 Å². The van der Waals surface area contributed by atoms with Crippen LogP contribution in [-0.4, -0.2) is 5.11 Å². The van der Waals surface area contributed by atoms with Crippen molar-refractivity contribution in [3.63, 3.8) is 0 Å². The molecular formula is C16H20OS. The van der Waals surface area contributed by atoms with Gasteiger partial charge in [0.1, 0.15) is 0 Å². The Morgan fingerprint density at radius 1 is 1.28 bits per heavy atom. The largest absolute Gasteiger partial charge is 0.385 e. The maximum atomic E-state index is 11.2. The lowest BCUT2D eigenvalue weighted by molar-refractivity contribution is 0.000740. The summed E-state index contributed by atoms with van der Waals surface area (Å²) in [4.78, 5) is 0. The summed E-state index contributed by atoms with van der Waals surface area (Å²) in [6, 6.07) is 8.44. The van der Waals surface area contributed by atoms with Crippen LogP contribution in [0.25, 0.3) is 10.1 Å². The van der Waals surface area contributed by atoms with Crippen molar-refractivity contribution in [3.8, 4) is 0 Å². The van der Waals surface area contributed by atoms with Gasteiger partial charge < -0.3 is 5.11 Å². The van der Waals surface area contributed by atoms with Crippen molar-refractivity contribution in [2.45, 2.75) is 39.2 Å². The van der Waals surface area contributed by atoms with E-state index >= 15 is 0 Å². The van der Waals surface area contributed by atoms with Gasteiger partial charge in [0.15, 0.2) is 0 Å². The highest BCUT2D eigenvalue weighted by Crippen LogP contribution is 2.54. The third kappa shape index (κ3) is 1.70. The summed E-state index contributed by atoms with van der Waals surface area (Å²) >= 11 is 1.74. The van der Waals surface area contributed by atoms with Crippen molar-refractivity contribution < 1.29 is 5.11 Å². The van der Waals surface area contributed by atoms with Crippen LogP contribution in [0, 0.1) is 11.3 Å². The maximum Gasteiger partial charge on any atom is 0.0941 e. The molecule has 0 spiro atoms. The van der Waals surface area contributed by atoms with Gasteiger partial charge in [0.25, 0.3) is 0 Å². The number of hydrogen-bond acceptors (Lipinski definition) is 2. The zero-order valence-corrected chi connectivity index (χ0v) is 12.1. The Bertz CT molecular complexity index is 584. The van der Waals surface area contributed by atoms with Crippen LogP contribution in [0.2, 0.25) is 0 Å². The second-order valence-corrected chi connectivity index (χ2v) is 7.43. The molecule has 18 heavy (non-hydrogen) atoms. The monoisotopic (exact) mass is 260 g/mol. The van der Waals surface area contributed by atoms with Crippen LogP contribution in [0.4, 0.5) is 0 Å². The average Bonchev–Trinajstić information content (AvgIpc) is 2.81. The molecule has 0 bridgehead atoms. The van der Waals surface area contributed by atoms with E-state index in [4.69, 9.17) is 0 Å². The van der Waals surface area contributed by atoms with Gasteiger partial charge in [0, 0.05) is 10.3 Å². The molecule has 96 valence electrons. The molecule has 1 N–H and O–H groups in total. The SMILES string of the molecule is CC1CC(C)(C)CC1(O)c1cccc2ccsc12. The van der Waals surface area contributed by atoms with Gasteiger partial charge in [-0.2, -0.15) is 0 Å². The van der Waals surface area contributed by atoms with E-state index in [-0.39, 0.29) is 5.41 Å². The molecule has 2 aromatic rings. The molecule has 2 heteroatoms. The Kier molecular flexibility index (Phi) is 2.58. The molecule has 0 amide bonds. The number of rotatable bonds is 1. The fraction of sp³-hybridized carbons (Fsp3) is 0.500. The third-order valence-corrected chi connectivity index (χ3v) is 5.33. The lowest BCUT2D eigenvalue weighted by Gasteiger charge is -2.29. The van der Waals surface area contributed by atoms with Crippen LogP contribution < -0.4 is 0 Å². The quantitative estimate of drug-likeness (QED) is 0.798. The van der Waals surface area contributed by atoms with E-state index in [1.165, 1.54) is 10.1 Å². The van der Waals surface area contributed by atoms with Crippen LogP contribution in [0.5, 0.6) is 0 Å². The molecule has 1 aromatic heterocycles. The second kappa shape index (κ2) is 3.82. The van der Waals surface area contributed by atoms with Crippen molar-refractivity contribution in [3.05, 3.63) is 35.2 Å². The van der Waals surface area contributed by atoms with Crippen molar-refractivity contribution >= 4 is 21.4 Å².